The predicted molar refractivity (Wildman–Crippen MR) is 79.4 cm³/mol. The zero-order valence-corrected chi connectivity index (χ0v) is 12.0. The Morgan fingerprint density at radius 1 is 1.41 bits per heavy atom. The summed E-state index contributed by atoms with van der Waals surface area (Å²) in [6.45, 7) is 1.14. The maximum absolute atomic E-state index is 12.4. The summed E-state index contributed by atoms with van der Waals surface area (Å²) in [6.07, 6.45) is 0.686. The molecule has 2 aromatic rings. The van der Waals surface area contributed by atoms with Gasteiger partial charge in [-0.2, -0.15) is 0 Å². The largest absolute Gasteiger partial charge is 0.389 e. The van der Waals surface area contributed by atoms with Crippen LogP contribution in [0.3, 0.4) is 0 Å². The van der Waals surface area contributed by atoms with Crippen LogP contribution in [0.5, 0.6) is 0 Å². The molecule has 3 rings (SSSR count). The van der Waals surface area contributed by atoms with Crippen LogP contribution in [-0.4, -0.2) is 57.9 Å². The number of hydrogen-bond acceptors (Lipinski definition) is 5. The molecule has 0 spiro atoms. The Hall–Kier alpha value is -2.25. The van der Waals surface area contributed by atoms with E-state index >= 15 is 0 Å². The first-order valence-corrected chi connectivity index (χ1v) is 7.13. The van der Waals surface area contributed by atoms with Crippen LogP contribution in [-0.2, 0) is 16.1 Å². The molecule has 1 atom stereocenters. The summed E-state index contributed by atoms with van der Waals surface area (Å²) in [6, 6.07) is 7.02. The second-order valence-corrected chi connectivity index (χ2v) is 5.26. The van der Waals surface area contributed by atoms with Crippen molar-refractivity contribution >= 4 is 16.8 Å². The minimum atomic E-state index is -0.696. The molecule has 1 aliphatic rings. The fourth-order valence-corrected chi connectivity index (χ4v) is 2.48. The van der Waals surface area contributed by atoms with Gasteiger partial charge in [-0.3, -0.25) is 14.2 Å². The van der Waals surface area contributed by atoms with Gasteiger partial charge in [-0.05, 0) is 12.1 Å². The number of hydrogen-bond donors (Lipinski definition) is 1. The molecule has 1 saturated heterocycles. The molecule has 1 aromatic heterocycles. The Bertz CT molecular complexity index is 743. The average Bonchev–Trinajstić information content (AvgIpc) is 2.75. The van der Waals surface area contributed by atoms with Crippen molar-refractivity contribution in [3.63, 3.8) is 0 Å². The maximum atomic E-state index is 12.4. The molecule has 1 amide bonds. The molecule has 1 N–H and O–H groups in total. The molecule has 1 fully saturated rings. The quantitative estimate of drug-likeness (QED) is 0.817. The van der Waals surface area contributed by atoms with Gasteiger partial charge in [-0.15, -0.1) is 0 Å². The topological polar surface area (TPSA) is 84.7 Å². The van der Waals surface area contributed by atoms with E-state index in [2.05, 4.69) is 4.98 Å². The monoisotopic (exact) mass is 303 g/mol. The van der Waals surface area contributed by atoms with E-state index in [1.165, 1.54) is 15.8 Å². The van der Waals surface area contributed by atoms with E-state index in [-0.39, 0.29) is 31.2 Å². The molecule has 22 heavy (non-hydrogen) atoms. The lowest BCUT2D eigenvalue weighted by atomic mass is 10.2. The number of ether oxygens (including phenoxy) is 1. The van der Waals surface area contributed by atoms with Gasteiger partial charge in [-0.25, -0.2) is 4.98 Å². The van der Waals surface area contributed by atoms with Crippen molar-refractivity contribution in [3.05, 3.63) is 40.9 Å². The molecule has 7 nitrogen and oxygen atoms in total. The van der Waals surface area contributed by atoms with Crippen LogP contribution in [0.25, 0.3) is 10.9 Å². The van der Waals surface area contributed by atoms with Crippen LogP contribution in [0.15, 0.2) is 35.4 Å². The van der Waals surface area contributed by atoms with E-state index in [1.54, 1.807) is 18.2 Å². The number of aliphatic hydroxyl groups is 1. The summed E-state index contributed by atoms with van der Waals surface area (Å²) in [7, 11) is 0. The molecule has 0 saturated carbocycles. The lowest BCUT2D eigenvalue weighted by molar-refractivity contribution is -0.132. The number of rotatable bonds is 2. The molecule has 116 valence electrons. The summed E-state index contributed by atoms with van der Waals surface area (Å²) < 4.78 is 6.49. The van der Waals surface area contributed by atoms with Crippen LogP contribution in [0, 0.1) is 0 Å². The number of amides is 1. The highest BCUT2D eigenvalue weighted by molar-refractivity contribution is 5.79. The van der Waals surface area contributed by atoms with Crippen molar-refractivity contribution in [2.75, 3.05) is 26.3 Å². The van der Waals surface area contributed by atoms with E-state index in [4.69, 9.17) is 4.74 Å². The number of fused-ring (bicyclic) bond motifs is 1. The number of carbonyl (C=O) groups is 1. The molecular formula is C15H17N3O4. The Balaban J connectivity index is 1.82. The van der Waals surface area contributed by atoms with Crippen molar-refractivity contribution in [3.8, 4) is 0 Å². The summed E-state index contributed by atoms with van der Waals surface area (Å²) in [4.78, 5) is 30.4. The fraction of sp³-hybridized carbons (Fsp3) is 0.400. The minimum Gasteiger partial charge on any atom is -0.389 e. The minimum absolute atomic E-state index is 0.0939. The molecule has 0 unspecified atom stereocenters. The number of nitrogens with zero attached hydrogens (tertiary/aromatic N) is 3. The van der Waals surface area contributed by atoms with Crippen molar-refractivity contribution in [1.82, 2.24) is 14.5 Å². The van der Waals surface area contributed by atoms with Crippen molar-refractivity contribution < 1.29 is 14.6 Å². The van der Waals surface area contributed by atoms with E-state index in [1.807, 2.05) is 6.07 Å². The number of benzene rings is 1. The normalized spacial score (nSPS) is 19.1. The highest BCUT2D eigenvalue weighted by atomic mass is 16.5. The number of carbonyl (C=O) groups excluding carboxylic acids is 1. The number of aromatic nitrogens is 2. The molecule has 0 radical (unpaired) electrons. The fourth-order valence-electron chi connectivity index (χ4n) is 2.48. The highest BCUT2D eigenvalue weighted by Gasteiger charge is 2.21. The number of aliphatic hydroxyl groups excluding tert-OH is 1. The van der Waals surface area contributed by atoms with Crippen LogP contribution in [0.2, 0.25) is 0 Å². The summed E-state index contributed by atoms with van der Waals surface area (Å²) in [5.74, 6) is -0.233. The Morgan fingerprint density at radius 2 is 2.23 bits per heavy atom. The first-order valence-electron chi connectivity index (χ1n) is 7.13. The van der Waals surface area contributed by atoms with Gasteiger partial charge in [0.1, 0.15) is 6.54 Å². The predicted octanol–water partition coefficient (Wildman–Crippen LogP) is -0.384. The van der Waals surface area contributed by atoms with Gasteiger partial charge in [-0.1, -0.05) is 12.1 Å². The van der Waals surface area contributed by atoms with Gasteiger partial charge >= 0.3 is 0 Å². The van der Waals surface area contributed by atoms with Crippen molar-refractivity contribution in [2.24, 2.45) is 0 Å². The SMILES string of the molecule is O=C(Cn1cnc2ccccc2c1=O)N1CCOC[C@H](O)C1. The van der Waals surface area contributed by atoms with Gasteiger partial charge < -0.3 is 14.7 Å². The number of β-amino-alcohol motifs (C(OH)–C–C–N with tert-alkyl or cyclic N) is 1. The lowest BCUT2D eigenvalue weighted by Gasteiger charge is -2.21. The zero-order valence-electron chi connectivity index (χ0n) is 12.0. The van der Waals surface area contributed by atoms with Gasteiger partial charge in [0, 0.05) is 13.1 Å². The van der Waals surface area contributed by atoms with E-state index < -0.39 is 6.10 Å². The van der Waals surface area contributed by atoms with Gasteiger partial charge in [0.15, 0.2) is 0 Å². The lowest BCUT2D eigenvalue weighted by Crippen LogP contribution is -2.41. The summed E-state index contributed by atoms with van der Waals surface area (Å²) >= 11 is 0. The van der Waals surface area contributed by atoms with Gasteiger partial charge in [0.2, 0.25) is 5.91 Å². The standard InChI is InChI=1S/C15H17N3O4/c19-11-7-17(5-6-22-9-11)14(20)8-18-10-16-13-4-2-1-3-12(13)15(18)21/h1-4,10-11,19H,5-9H2/t11-/m1/s1. The molecule has 0 bridgehead atoms. The van der Waals surface area contributed by atoms with Crippen molar-refractivity contribution in [1.29, 1.82) is 0 Å². The third-order valence-corrected chi connectivity index (χ3v) is 3.64. The van der Waals surface area contributed by atoms with Gasteiger partial charge in [0.05, 0.1) is 36.5 Å². The molecular weight excluding hydrogens is 286 g/mol. The first-order chi connectivity index (χ1) is 10.6. The molecule has 1 aliphatic heterocycles. The second-order valence-electron chi connectivity index (χ2n) is 5.26. The van der Waals surface area contributed by atoms with Crippen LogP contribution >= 0.6 is 0 Å². The smallest absolute Gasteiger partial charge is 0.261 e. The Morgan fingerprint density at radius 3 is 3.09 bits per heavy atom. The Labute approximate surface area is 126 Å². The third kappa shape index (κ3) is 3.00. The molecule has 2 heterocycles. The third-order valence-electron chi connectivity index (χ3n) is 3.64. The van der Waals surface area contributed by atoms with Crippen LogP contribution < -0.4 is 5.56 Å². The first kappa shape index (κ1) is 14.7. The number of para-hydroxylation sites is 1. The van der Waals surface area contributed by atoms with Gasteiger partial charge in [0.25, 0.3) is 5.56 Å². The van der Waals surface area contributed by atoms with E-state index in [0.717, 1.165) is 0 Å². The Kier molecular flexibility index (Phi) is 4.17. The van der Waals surface area contributed by atoms with E-state index in [9.17, 15) is 14.7 Å². The highest BCUT2D eigenvalue weighted by Crippen LogP contribution is 2.06. The summed E-state index contributed by atoms with van der Waals surface area (Å²) in [5.41, 5.74) is 0.361. The molecule has 7 heteroatoms. The molecule has 1 aromatic carbocycles. The zero-order chi connectivity index (χ0) is 15.5. The maximum Gasteiger partial charge on any atom is 0.261 e. The van der Waals surface area contributed by atoms with Crippen LogP contribution in [0.4, 0.5) is 0 Å². The van der Waals surface area contributed by atoms with E-state index in [0.29, 0.717) is 24.1 Å². The van der Waals surface area contributed by atoms with Crippen LogP contribution in [0.1, 0.15) is 0 Å². The summed E-state index contributed by atoms with van der Waals surface area (Å²) in [5, 5.41) is 10.2. The average molecular weight is 303 g/mol. The molecule has 0 aliphatic carbocycles. The van der Waals surface area contributed by atoms with Crippen molar-refractivity contribution in [2.45, 2.75) is 12.6 Å². The second kappa shape index (κ2) is 6.25.